The summed E-state index contributed by atoms with van der Waals surface area (Å²) >= 11 is 1.74. The molecule has 7 heteroatoms. The van der Waals surface area contributed by atoms with Gasteiger partial charge in [-0.2, -0.15) is 11.8 Å². The van der Waals surface area contributed by atoms with Crippen LogP contribution in [-0.2, 0) is 16.6 Å². The number of nitrogens with one attached hydrogen (secondary N) is 1. The summed E-state index contributed by atoms with van der Waals surface area (Å²) in [5.74, 6) is 0.418. The van der Waals surface area contributed by atoms with Crippen molar-refractivity contribution in [1.29, 1.82) is 0 Å². The van der Waals surface area contributed by atoms with Crippen LogP contribution in [0.2, 0.25) is 0 Å². The van der Waals surface area contributed by atoms with Crippen molar-refractivity contribution in [3.63, 3.8) is 0 Å². The molecule has 4 nitrogen and oxygen atoms in total. The van der Waals surface area contributed by atoms with E-state index < -0.39 is 22.4 Å². The molecule has 1 aromatic rings. The summed E-state index contributed by atoms with van der Waals surface area (Å²) in [6.45, 7) is -0.0942. The van der Waals surface area contributed by atoms with Crippen LogP contribution in [0.4, 0.5) is 4.39 Å². The van der Waals surface area contributed by atoms with E-state index in [9.17, 15) is 12.8 Å². The normalized spacial score (nSPS) is 19.8. The second-order valence-corrected chi connectivity index (χ2v) is 7.54. The van der Waals surface area contributed by atoms with Gasteiger partial charge in [0.05, 0.1) is 11.5 Å². The number of hydrogen-bond donors (Lipinski definition) is 2. The van der Waals surface area contributed by atoms with Crippen molar-refractivity contribution >= 4 is 21.8 Å². The molecule has 0 radical (unpaired) electrons. The number of halogens is 1. The van der Waals surface area contributed by atoms with Gasteiger partial charge in [-0.1, -0.05) is 6.07 Å². The summed E-state index contributed by atoms with van der Waals surface area (Å²) in [5, 5.41) is 9.41. The van der Waals surface area contributed by atoms with Gasteiger partial charge in [0.25, 0.3) is 0 Å². The molecule has 106 valence electrons. The van der Waals surface area contributed by atoms with Gasteiger partial charge in [0.1, 0.15) is 5.82 Å². The van der Waals surface area contributed by atoms with Crippen molar-refractivity contribution in [3.8, 4) is 0 Å². The van der Waals surface area contributed by atoms with Gasteiger partial charge in [-0.3, -0.25) is 0 Å². The first kappa shape index (κ1) is 14.8. The Morgan fingerprint density at radius 1 is 1.47 bits per heavy atom. The van der Waals surface area contributed by atoms with Crippen molar-refractivity contribution in [1.82, 2.24) is 4.72 Å². The summed E-state index contributed by atoms with van der Waals surface area (Å²) in [7, 11) is -3.78. The summed E-state index contributed by atoms with van der Waals surface area (Å²) in [6.07, 6.45) is 2.09. The van der Waals surface area contributed by atoms with Gasteiger partial charge in [-0.25, -0.2) is 17.5 Å². The minimum atomic E-state index is -3.78. The fraction of sp³-hybridized carbons (Fsp3) is 0.500. The van der Waals surface area contributed by atoms with Crippen molar-refractivity contribution in [3.05, 3.63) is 29.6 Å². The number of hydrogen-bond acceptors (Lipinski definition) is 4. The Hall–Kier alpha value is -0.630. The number of thioether (sulfide) groups is 1. The minimum absolute atomic E-state index is 0.182. The Labute approximate surface area is 116 Å². The largest absolute Gasteiger partial charge is 0.392 e. The van der Waals surface area contributed by atoms with Gasteiger partial charge in [0.2, 0.25) is 10.0 Å². The van der Waals surface area contributed by atoms with Gasteiger partial charge in [-0.05, 0) is 36.3 Å². The van der Waals surface area contributed by atoms with E-state index in [1.54, 1.807) is 11.8 Å². The lowest BCUT2D eigenvalue weighted by Gasteiger charge is -2.13. The molecule has 0 saturated carbocycles. The first-order valence-corrected chi connectivity index (χ1v) is 8.56. The summed E-state index contributed by atoms with van der Waals surface area (Å²) in [6, 6.07) is 3.36. The molecule has 0 spiro atoms. The Kier molecular flexibility index (Phi) is 4.83. The van der Waals surface area contributed by atoms with Crippen molar-refractivity contribution in [2.24, 2.45) is 0 Å². The van der Waals surface area contributed by atoms with Crippen LogP contribution in [-0.4, -0.2) is 31.1 Å². The molecule has 0 aromatic heterocycles. The van der Waals surface area contributed by atoms with Crippen LogP contribution in [0.3, 0.4) is 0 Å². The quantitative estimate of drug-likeness (QED) is 0.865. The zero-order valence-corrected chi connectivity index (χ0v) is 11.9. The van der Waals surface area contributed by atoms with Gasteiger partial charge in [-0.15, -0.1) is 0 Å². The molecule has 1 aliphatic heterocycles. The van der Waals surface area contributed by atoms with Gasteiger partial charge < -0.3 is 5.11 Å². The van der Waals surface area contributed by atoms with Crippen molar-refractivity contribution in [2.75, 3.05) is 12.3 Å². The molecule has 19 heavy (non-hydrogen) atoms. The molecule has 1 unspecified atom stereocenters. The third-order valence-electron chi connectivity index (χ3n) is 3.01. The number of aliphatic hydroxyl groups excluding tert-OH is 1. The molecule has 0 aliphatic carbocycles. The molecule has 1 atom stereocenters. The molecule has 1 aromatic carbocycles. The van der Waals surface area contributed by atoms with Gasteiger partial charge in [0, 0.05) is 11.8 Å². The minimum Gasteiger partial charge on any atom is -0.392 e. The van der Waals surface area contributed by atoms with Crippen LogP contribution in [0.25, 0.3) is 0 Å². The molecule has 1 heterocycles. The second-order valence-electron chi connectivity index (χ2n) is 4.40. The smallest absolute Gasteiger partial charge is 0.241 e. The van der Waals surface area contributed by atoms with Gasteiger partial charge >= 0.3 is 0 Å². The van der Waals surface area contributed by atoms with E-state index in [1.165, 1.54) is 6.07 Å². The average Bonchev–Trinajstić information content (AvgIpc) is 2.89. The SMILES string of the molecule is O=S(=O)(NCC1CCCS1)c1cc(F)ccc1CO. The van der Waals surface area contributed by atoms with E-state index in [0.29, 0.717) is 6.54 Å². The maximum atomic E-state index is 13.2. The highest BCUT2D eigenvalue weighted by atomic mass is 32.2. The van der Waals surface area contributed by atoms with Gasteiger partial charge in [0.15, 0.2) is 0 Å². The van der Waals surface area contributed by atoms with Crippen LogP contribution in [0, 0.1) is 5.82 Å². The first-order chi connectivity index (χ1) is 9.03. The fourth-order valence-corrected chi connectivity index (χ4v) is 4.62. The van der Waals surface area contributed by atoms with Crippen LogP contribution in [0.15, 0.2) is 23.1 Å². The predicted molar refractivity (Wildman–Crippen MR) is 73.0 cm³/mol. The maximum absolute atomic E-state index is 13.2. The lowest BCUT2D eigenvalue weighted by atomic mass is 10.2. The van der Waals surface area contributed by atoms with E-state index in [4.69, 9.17) is 5.11 Å². The third kappa shape index (κ3) is 3.68. The summed E-state index contributed by atoms with van der Waals surface area (Å²) < 4.78 is 39.9. The fourth-order valence-electron chi connectivity index (χ4n) is 1.99. The zero-order chi connectivity index (χ0) is 13.9. The van der Waals surface area contributed by atoms with Crippen molar-refractivity contribution in [2.45, 2.75) is 29.6 Å². The summed E-state index contributed by atoms with van der Waals surface area (Å²) in [5.41, 5.74) is 0.202. The Morgan fingerprint density at radius 2 is 2.26 bits per heavy atom. The van der Waals surface area contributed by atoms with Crippen molar-refractivity contribution < 1.29 is 17.9 Å². The molecular weight excluding hydrogens is 289 g/mol. The molecule has 2 N–H and O–H groups in total. The molecule has 2 rings (SSSR count). The lowest BCUT2D eigenvalue weighted by Crippen LogP contribution is -2.30. The predicted octanol–water partition coefficient (Wildman–Crippen LogP) is 1.49. The number of aliphatic hydroxyl groups is 1. The Balaban J connectivity index is 2.16. The number of benzene rings is 1. The van der Waals surface area contributed by atoms with E-state index in [0.717, 1.165) is 30.7 Å². The van der Waals surface area contributed by atoms with E-state index in [1.807, 2.05) is 0 Å². The van der Waals surface area contributed by atoms with Crippen LogP contribution >= 0.6 is 11.8 Å². The summed E-state index contributed by atoms with van der Waals surface area (Å²) in [4.78, 5) is -0.182. The number of rotatable bonds is 5. The standard InChI is InChI=1S/C12H16FNO3S2/c13-10-4-3-9(8-15)12(6-10)19(16,17)14-7-11-2-1-5-18-11/h3-4,6,11,14-15H,1-2,5,7-8H2. The van der Waals surface area contributed by atoms with Crippen LogP contribution < -0.4 is 4.72 Å². The zero-order valence-electron chi connectivity index (χ0n) is 10.3. The highest BCUT2D eigenvalue weighted by molar-refractivity contribution is 8.00. The molecule has 1 saturated heterocycles. The van der Waals surface area contributed by atoms with E-state index in [-0.39, 0.29) is 15.7 Å². The number of sulfonamides is 1. The lowest BCUT2D eigenvalue weighted by molar-refractivity contribution is 0.278. The third-order valence-corrected chi connectivity index (χ3v) is 5.92. The van der Waals surface area contributed by atoms with Crippen LogP contribution in [0.5, 0.6) is 0 Å². The molecule has 1 fully saturated rings. The molecular formula is C12H16FNO3S2. The van der Waals surface area contributed by atoms with E-state index in [2.05, 4.69) is 4.72 Å². The highest BCUT2D eigenvalue weighted by Crippen LogP contribution is 2.26. The molecule has 0 bridgehead atoms. The van der Waals surface area contributed by atoms with E-state index >= 15 is 0 Å². The first-order valence-electron chi connectivity index (χ1n) is 6.03. The Morgan fingerprint density at radius 3 is 2.89 bits per heavy atom. The maximum Gasteiger partial charge on any atom is 0.241 e. The second kappa shape index (κ2) is 6.21. The molecule has 1 aliphatic rings. The highest BCUT2D eigenvalue weighted by Gasteiger charge is 2.22. The monoisotopic (exact) mass is 305 g/mol. The average molecular weight is 305 g/mol. The van der Waals surface area contributed by atoms with Crippen LogP contribution in [0.1, 0.15) is 18.4 Å². The topological polar surface area (TPSA) is 66.4 Å². The molecule has 0 amide bonds. The Bertz CT molecular complexity index is 542.